The summed E-state index contributed by atoms with van der Waals surface area (Å²) < 4.78 is 34.1. The topological polar surface area (TPSA) is 85.6 Å². The monoisotopic (exact) mass is 590 g/mol. The van der Waals surface area contributed by atoms with Gasteiger partial charge in [0, 0.05) is 49.6 Å². The third kappa shape index (κ3) is 5.48. The number of hydrogen-bond donors (Lipinski definition) is 0. The number of carbonyl (C=O) groups is 1. The highest BCUT2D eigenvalue weighted by Crippen LogP contribution is 2.50. The Morgan fingerprint density at radius 2 is 1.98 bits per heavy atom. The molecule has 2 saturated heterocycles. The van der Waals surface area contributed by atoms with Crippen molar-refractivity contribution >= 4 is 11.7 Å². The molecule has 43 heavy (non-hydrogen) atoms. The van der Waals surface area contributed by atoms with Crippen LogP contribution in [0.3, 0.4) is 0 Å². The van der Waals surface area contributed by atoms with Crippen LogP contribution in [-0.4, -0.2) is 83.8 Å². The van der Waals surface area contributed by atoms with E-state index >= 15 is 0 Å². The standard InChI is InChI=1S/C33H40F2N6O2/c1-20-13-21(2)29-23(14-20)5-8-33(29)9-6-27-28(16-33)37-32(43-19-26-15-24(35)17-39(26)4)38-30(27)40-11-12-41(31(42)22(3)34)25(18-40)7-10-36/h13-14,24-26H,3,5-9,11-12,15-19H2,1-2,4H3. The van der Waals surface area contributed by atoms with Crippen molar-refractivity contribution in [2.24, 2.45) is 0 Å². The van der Waals surface area contributed by atoms with Crippen molar-refractivity contribution in [1.82, 2.24) is 19.8 Å². The first-order valence-corrected chi connectivity index (χ1v) is 15.3. The molecule has 1 spiro atoms. The predicted molar refractivity (Wildman–Crippen MR) is 160 cm³/mol. The van der Waals surface area contributed by atoms with Crippen molar-refractivity contribution < 1.29 is 18.3 Å². The zero-order valence-electron chi connectivity index (χ0n) is 25.3. The second-order valence-electron chi connectivity index (χ2n) is 12.9. The number of amides is 1. The van der Waals surface area contributed by atoms with Crippen LogP contribution in [0.15, 0.2) is 24.5 Å². The Morgan fingerprint density at radius 3 is 2.70 bits per heavy atom. The van der Waals surface area contributed by atoms with E-state index in [2.05, 4.69) is 43.5 Å². The van der Waals surface area contributed by atoms with Crippen LogP contribution in [-0.2, 0) is 29.5 Å². The quantitative estimate of drug-likeness (QED) is 0.464. The minimum atomic E-state index is -1.02. The molecule has 228 valence electrons. The molecule has 0 saturated carbocycles. The Kier molecular flexibility index (Phi) is 7.88. The number of fused-ring (bicyclic) bond motifs is 3. The van der Waals surface area contributed by atoms with Crippen LogP contribution in [0, 0.1) is 25.2 Å². The third-order valence-electron chi connectivity index (χ3n) is 10.0. The van der Waals surface area contributed by atoms with Crippen LogP contribution >= 0.6 is 0 Å². The Morgan fingerprint density at radius 1 is 1.19 bits per heavy atom. The number of aromatic nitrogens is 2. The van der Waals surface area contributed by atoms with E-state index in [9.17, 15) is 18.8 Å². The fraction of sp³-hybridized carbons (Fsp3) is 0.576. The molecule has 0 N–H and O–H groups in total. The van der Waals surface area contributed by atoms with Crippen molar-refractivity contribution in [3.8, 4) is 12.1 Å². The molecule has 1 amide bonds. The van der Waals surface area contributed by atoms with Crippen LogP contribution < -0.4 is 9.64 Å². The SMILES string of the molecule is C=C(F)C(=O)N1CCN(c2nc(OCC3CC(F)CN3C)nc3c2CCC2(CCc4cc(C)cc(C)c42)C3)CC1CC#N. The molecule has 8 nitrogen and oxygen atoms in total. The highest BCUT2D eigenvalue weighted by Gasteiger charge is 2.44. The number of piperazine rings is 1. The summed E-state index contributed by atoms with van der Waals surface area (Å²) in [4.78, 5) is 27.9. The molecule has 4 atom stereocenters. The van der Waals surface area contributed by atoms with Gasteiger partial charge in [0.05, 0.1) is 24.2 Å². The molecule has 3 heterocycles. The highest BCUT2D eigenvalue weighted by atomic mass is 19.1. The lowest BCUT2D eigenvalue weighted by atomic mass is 9.68. The summed E-state index contributed by atoms with van der Waals surface area (Å²) >= 11 is 0. The van der Waals surface area contributed by atoms with Crippen LogP contribution in [0.1, 0.15) is 59.2 Å². The molecule has 4 aliphatic rings. The third-order valence-corrected chi connectivity index (χ3v) is 10.0. The van der Waals surface area contributed by atoms with E-state index in [1.807, 2.05) is 11.9 Å². The van der Waals surface area contributed by atoms with E-state index in [0.717, 1.165) is 49.2 Å². The number of carbonyl (C=O) groups excluding carboxylic acids is 1. The molecule has 2 aliphatic heterocycles. The number of nitrogens with zero attached hydrogens (tertiary/aromatic N) is 6. The van der Waals surface area contributed by atoms with E-state index in [0.29, 0.717) is 32.7 Å². The maximum absolute atomic E-state index is 14.1. The number of aryl methyl sites for hydroxylation is 3. The molecular weight excluding hydrogens is 550 g/mol. The van der Waals surface area contributed by atoms with Gasteiger partial charge >= 0.3 is 6.01 Å². The number of likely N-dealkylation sites (tertiary alicyclic amines) is 1. The molecule has 1 aromatic heterocycles. The number of benzene rings is 1. The Hall–Kier alpha value is -3.58. The number of nitriles is 1. The highest BCUT2D eigenvalue weighted by molar-refractivity contribution is 5.91. The lowest BCUT2D eigenvalue weighted by molar-refractivity contribution is -0.131. The summed E-state index contributed by atoms with van der Waals surface area (Å²) in [6, 6.07) is 6.47. The molecule has 2 aliphatic carbocycles. The number of rotatable bonds is 6. The number of hydrogen-bond acceptors (Lipinski definition) is 7. The molecule has 10 heteroatoms. The minimum absolute atomic E-state index is 0.00603. The van der Waals surface area contributed by atoms with Gasteiger partial charge in [-0.3, -0.25) is 9.69 Å². The van der Waals surface area contributed by atoms with Crippen molar-refractivity contribution in [3.05, 3.63) is 58.0 Å². The molecule has 2 aromatic rings. The summed E-state index contributed by atoms with van der Waals surface area (Å²) in [7, 11) is 1.90. The Balaban J connectivity index is 1.34. The minimum Gasteiger partial charge on any atom is -0.462 e. The molecule has 2 fully saturated rings. The lowest BCUT2D eigenvalue weighted by Gasteiger charge is -2.43. The van der Waals surface area contributed by atoms with Crippen LogP contribution in [0.5, 0.6) is 6.01 Å². The Labute approximate surface area is 252 Å². The largest absolute Gasteiger partial charge is 0.462 e. The summed E-state index contributed by atoms with van der Waals surface area (Å²) in [5.41, 5.74) is 7.57. The van der Waals surface area contributed by atoms with Gasteiger partial charge in [-0.25, -0.2) is 8.78 Å². The average Bonchev–Trinajstić information content (AvgIpc) is 3.48. The smallest absolute Gasteiger partial charge is 0.318 e. The molecule has 4 unspecified atom stereocenters. The zero-order valence-corrected chi connectivity index (χ0v) is 25.3. The number of alkyl halides is 1. The van der Waals surface area contributed by atoms with Gasteiger partial charge in [-0.2, -0.15) is 15.2 Å². The fourth-order valence-electron chi connectivity index (χ4n) is 8.06. The molecule has 6 rings (SSSR count). The van der Waals surface area contributed by atoms with Gasteiger partial charge in [0.25, 0.3) is 5.91 Å². The molecular formula is C33H40F2N6O2. The van der Waals surface area contributed by atoms with Crippen molar-refractivity contribution in [2.75, 3.05) is 44.7 Å². The zero-order chi connectivity index (χ0) is 30.5. The van der Waals surface area contributed by atoms with Crippen molar-refractivity contribution in [3.63, 3.8) is 0 Å². The van der Waals surface area contributed by atoms with Gasteiger partial charge in [-0.15, -0.1) is 0 Å². The first kappa shape index (κ1) is 29.5. The van der Waals surface area contributed by atoms with E-state index in [1.165, 1.54) is 27.2 Å². The van der Waals surface area contributed by atoms with E-state index in [-0.39, 0.29) is 30.4 Å². The molecule has 0 radical (unpaired) electrons. The number of halogens is 2. The van der Waals surface area contributed by atoms with E-state index in [1.54, 1.807) is 0 Å². The van der Waals surface area contributed by atoms with Crippen LogP contribution in [0.4, 0.5) is 14.6 Å². The fourth-order valence-corrected chi connectivity index (χ4v) is 8.06. The van der Waals surface area contributed by atoms with Gasteiger partial charge in [0.15, 0.2) is 5.83 Å². The first-order chi connectivity index (χ1) is 20.6. The summed E-state index contributed by atoms with van der Waals surface area (Å²) in [5, 5.41) is 9.50. The second kappa shape index (κ2) is 11.5. The van der Waals surface area contributed by atoms with Gasteiger partial charge < -0.3 is 14.5 Å². The lowest BCUT2D eigenvalue weighted by Crippen LogP contribution is -2.55. The van der Waals surface area contributed by atoms with Gasteiger partial charge in [0.2, 0.25) is 0 Å². The second-order valence-corrected chi connectivity index (χ2v) is 12.9. The van der Waals surface area contributed by atoms with Crippen LogP contribution in [0.2, 0.25) is 0 Å². The average molecular weight is 591 g/mol. The summed E-state index contributed by atoms with van der Waals surface area (Å²) in [6.07, 6.45) is 4.31. The van der Waals surface area contributed by atoms with Gasteiger partial charge in [-0.05, 0) is 69.7 Å². The van der Waals surface area contributed by atoms with Gasteiger partial charge in [0.1, 0.15) is 18.6 Å². The van der Waals surface area contributed by atoms with Crippen molar-refractivity contribution in [1.29, 1.82) is 5.26 Å². The number of anilines is 1. The molecule has 0 bridgehead atoms. The van der Waals surface area contributed by atoms with Gasteiger partial charge in [-0.1, -0.05) is 24.3 Å². The molecule has 1 aromatic carbocycles. The number of likely N-dealkylation sites (N-methyl/N-ethyl adjacent to an activating group) is 1. The van der Waals surface area contributed by atoms with E-state index in [4.69, 9.17) is 14.7 Å². The van der Waals surface area contributed by atoms with Crippen molar-refractivity contribution in [2.45, 2.75) is 82.5 Å². The Bertz CT molecular complexity index is 1490. The summed E-state index contributed by atoms with van der Waals surface area (Å²) in [6.45, 7) is 9.26. The maximum Gasteiger partial charge on any atom is 0.318 e. The maximum atomic E-state index is 14.1. The number of ether oxygens (including phenoxy) is 1. The summed E-state index contributed by atoms with van der Waals surface area (Å²) in [5.74, 6) is -1.04. The predicted octanol–water partition coefficient (Wildman–Crippen LogP) is 4.30. The van der Waals surface area contributed by atoms with E-state index < -0.39 is 23.9 Å². The normalized spacial score (nSPS) is 26.7. The first-order valence-electron chi connectivity index (χ1n) is 15.3. The van der Waals surface area contributed by atoms with Crippen LogP contribution in [0.25, 0.3) is 0 Å².